The Balaban J connectivity index is 1.35. The SMILES string of the molecule is CC1(C)C(=O)N(Cc2ccc(-c3nnc(C(F)F)o3)cn2)C(=O)c2ccc(N3CCN(C(=O)O)CC3)cc21. The molecule has 0 bridgehead atoms. The molecule has 5 rings (SSSR count). The van der Waals surface area contributed by atoms with Crippen LogP contribution in [0.4, 0.5) is 19.3 Å². The first-order valence-corrected chi connectivity index (χ1v) is 11.9. The number of pyridine rings is 1. The van der Waals surface area contributed by atoms with E-state index >= 15 is 0 Å². The standard InChI is InChI=1S/C25H24F2N6O5/c1-25(2)18-11-16(31-7-9-32(10-8-31)24(36)37)5-6-17(18)22(34)33(23(25)35)13-15-4-3-14(12-28-15)20-29-30-21(38-20)19(26)27/h3-6,11-12,19H,7-10,13H2,1-2H3,(H,36,37). The summed E-state index contributed by atoms with van der Waals surface area (Å²) in [5, 5.41) is 16.1. The third-order valence-corrected chi connectivity index (χ3v) is 6.87. The second-order valence-electron chi connectivity index (χ2n) is 9.59. The van der Waals surface area contributed by atoms with E-state index in [4.69, 9.17) is 4.42 Å². The van der Waals surface area contributed by atoms with Crippen molar-refractivity contribution in [2.45, 2.75) is 32.2 Å². The molecule has 1 saturated heterocycles. The topological polar surface area (TPSA) is 133 Å². The van der Waals surface area contributed by atoms with Crippen LogP contribution in [0.2, 0.25) is 0 Å². The second kappa shape index (κ2) is 9.47. The maximum Gasteiger partial charge on any atom is 0.407 e. The molecule has 3 amide bonds. The molecule has 0 saturated carbocycles. The molecule has 2 aliphatic rings. The number of nitrogens with zero attached hydrogens (tertiary/aromatic N) is 6. The van der Waals surface area contributed by atoms with Crippen molar-refractivity contribution in [2.24, 2.45) is 0 Å². The zero-order valence-electron chi connectivity index (χ0n) is 20.6. The number of imide groups is 1. The lowest BCUT2D eigenvalue weighted by Crippen LogP contribution is -2.51. The summed E-state index contributed by atoms with van der Waals surface area (Å²) in [6.07, 6.45) is -2.48. The summed E-state index contributed by atoms with van der Waals surface area (Å²) in [6, 6.07) is 8.45. The van der Waals surface area contributed by atoms with E-state index in [1.54, 1.807) is 32.0 Å². The van der Waals surface area contributed by atoms with Gasteiger partial charge in [0.1, 0.15) is 0 Å². The van der Waals surface area contributed by atoms with E-state index in [0.29, 0.717) is 48.6 Å². The summed E-state index contributed by atoms with van der Waals surface area (Å²) in [4.78, 5) is 46.8. The van der Waals surface area contributed by atoms with Gasteiger partial charge < -0.3 is 19.3 Å². The number of carboxylic acid groups (broad SMARTS) is 1. The van der Waals surface area contributed by atoms with Crippen LogP contribution in [0.5, 0.6) is 0 Å². The van der Waals surface area contributed by atoms with Crippen LogP contribution in [0.25, 0.3) is 11.5 Å². The predicted molar refractivity (Wildman–Crippen MR) is 129 cm³/mol. The zero-order chi connectivity index (χ0) is 27.2. The maximum absolute atomic E-state index is 13.5. The molecule has 198 valence electrons. The summed E-state index contributed by atoms with van der Waals surface area (Å²) >= 11 is 0. The van der Waals surface area contributed by atoms with E-state index in [9.17, 15) is 28.3 Å². The van der Waals surface area contributed by atoms with Crippen LogP contribution in [-0.2, 0) is 16.8 Å². The van der Waals surface area contributed by atoms with Crippen LogP contribution in [0.1, 0.15) is 47.8 Å². The van der Waals surface area contributed by atoms with E-state index in [2.05, 4.69) is 15.2 Å². The molecular weight excluding hydrogens is 502 g/mol. The van der Waals surface area contributed by atoms with Gasteiger partial charge in [-0.3, -0.25) is 19.5 Å². The van der Waals surface area contributed by atoms with Gasteiger partial charge in [0.05, 0.1) is 23.2 Å². The van der Waals surface area contributed by atoms with E-state index in [1.165, 1.54) is 11.1 Å². The van der Waals surface area contributed by atoms with Gasteiger partial charge in [-0.25, -0.2) is 4.79 Å². The van der Waals surface area contributed by atoms with Gasteiger partial charge in [0, 0.05) is 43.6 Å². The largest absolute Gasteiger partial charge is 0.465 e. The Kier molecular flexibility index (Phi) is 6.29. The first kappa shape index (κ1) is 25.2. The number of carbonyl (C=O) groups excluding carboxylic acids is 2. The van der Waals surface area contributed by atoms with Crippen LogP contribution in [0.3, 0.4) is 0 Å². The number of anilines is 1. The van der Waals surface area contributed by atoms with Crippen LogP contribution in [0.15, 0.2) is 40.9 Å². The first-order valence-electron chi connectivity index (χ1n) is 11.9. The summed E-state index contributed by atoms with van der Waals surface area (Å²) in [5.41, 5.74) is 1.57. The summed E-state index contributed by atoms with van der Waals surface area (Å²) in [5.74, 6) is -1.73. The van der Waals surface area contributed by atoms with E-state index in [-0.39, 0.29) is 18.3 Å². The highest BCUT2D eigenvalue weighted by molar-refractivity contribution is 6.13. The van der Waals surface area contributed by atoms with Crippen molar-refractivity contribution in [3.63, 3.8) is 0 Å². The van der Waals surface area contributed by atoms with E-state index in [1.807, 2.05) is 17.0 Å². The van der Waals surface area contributed by atoms with Gasteiger partial charge in [0.15, 0.2) is 0 Å². The van der Waals surface area contributed by atoms with Crippen LogP contribution in [-0.4, -0.2) is 74.2 Å². The lowest BCUT2D eigenvalue weighted by atomic mass is 9.77. The number of fused-ring (bicyclic) bond motifs is 1. The van der Waals surface area contributed by atoms with Gasteiger partial charge in [0.2, 0.25) is 11.8 Å². The normalized spacial score (nSPS) is 17.2. The fourth-order valence-corrected chi connectivity index (χ4v) is 4.67. The number of hydrogen-bond donors (Lipinski definition) is 1. The molecule has 11 nitrogen and oxygen atoms in total. The average Bonchev–Trinajstić information content (AvgIpc) is 3.41. The minimum atomic E-state index is -2.89. The molecule has 2 aromatic heterocycles. The first-order chi connectivity index (χ1) is 18.1. The Hall–Kier alpha value is -4.42. The van der Waals surface area contributed by atoms with Crippen LogP contribution < -0.4 is 4.90 Å². The monoisotopic (exact) mass is 526 g/mol. The van der Waals surface area contributed by atoms with Gasteiger partial charge in [-0.15, -0.1) is 10.2 Å². The Morgan fingerprint density at radius 1 is 1.11 bits per heavy atom. The second-order valence-corrected chi connectivity index (χ2v) is 9.59. The van der Waals surface area contributed by atoms with Crippen LogP contribution >= 0.6 is 0 Å². The Morgan fingerprint density at radius 2 is 1.84 bits per heavy atom. The van der Waals surface area contributed by atoms with E-state index in [0.717, 1.165) is 10.6 Å². The third-order valence-electron chi connectivity index (χ3n) is 6.87. The van der Waals surface area contributed by atoms with Crippen molar-refractivity contribution in [3.05, 3.63) is 59.2 Å². The maximum atomic E-state index is 13.5. The molecule has 1 N–H and O–H groups in total. The van der Waals surface area contributed by atoms with Gasteiger partial charge in [-0.2, -0.15) is 8.78 Å². The van der Waals surface area contributed by atoms with Crippen molar-refractivity contribution in [2.75, 3.05) is 31.1 Å². The number of amides is 3. The Labute approximate surface area is 215 Å². The quantitative estimate of drug-likeness (QED) is 0.497. The number of carbonyl (C=O) groups is 3. The molecule has 4 heterocycles. The average molecular weight is 527 g/mol. The minimum absolute atomic E-state index is 0.0775. The summed E-state index contributed by atoms with van der Waals surface area (Å²) < 4.78 is 30.4. The lowest BCUT2D eigenvalue weighted by molar-refractivity contribution is -0.134. The molecular formula is C25H24F2N6O5. The molecule has 0 unspecified atom stereocenters. The van der Waals surface area contributed by atoms with Crippen LogP contribution in [0, 0.1) is 0 Å². The Morgan fingerprint density at radius 3 is 2.45 bits per heavy atom. The fraction of sp³-hybridized carbons (Fsp3) is 0.360. The molecule has 0 spiro atoms. The molecule has 0 atom stereocenters. The van der Waals surface area contributed by atoms with Gasteiger partial charge in [0.25, 0.3) is 11.8 Å². The molecule has 38 heavy (non-hydrogen) atoms. The summed E-state index contributed by atoms with van der Waals surface area (Å²) in [7, 11) is 0. The Bertz CT molecular complexity index is 1400. The number of hydrogen-bond acceptors (Lipinski definition) is 8. The van der Waals surface area contributed by atoms with Crippen molar-refractivity contribution in [1.29, 1.82) is 0 Å². The summed E-state index contributed by atoms with van der Waals surface area (Å²) in [6.45, 7) is 5.19. The molecule has 3 aromatic rings. The molecule has 0 aliphatic carbocycles. The molecule has 13 heteroatoms. The van der Waals surface area contributed by atoms with Gasteiger partial charge >= 0.3 is 12.5 Å². The minimum Gasteiger partial charge on any atom is -0.465 e. The molecule has 2 aliphatic heterocycles. The molecule has 0 radical (unpaired) electrons. The fourth-order valence-electron chi connectivity index (χ4n) is 4.67. The number of alkyl halides is 2. The van der Waals surface area contributed by atoms with E-state index < -0.39 is 29.7 Å². The number of aromatic nitrogens is 3. The number of benzene rings is 1. The number of piperazine rings is 1. The van der Waals surface area contributed by atoms with Crippen molar-refractivity contribution < 1.29 is 32.7 Å². The zero-order valence-corrected chi connectivity index (χ0v) is 20.6. The molecule has 1 fully saturated rings. The number of rotatable bonds is 5. The van der Waals surface area contributed by atoms with Crippen molar-refractivity contribution in [1.82, 2.24) is 25.0 Å². The van der Waals surface area contributed by atoms with Crippen molar-refractivity contribution in [3.8, 4) is 11.5 Å². The lowest BCUT2D eigenvalue weighted by Gasteiger charge is -2.39. The third kappa shape index (κ3) is 4.44. The van der Waals surface area contributed by atoms with Crippen molar-refractivity contribution >= 4 is 23.6 Å². The smallest absolute Gasteiger partial charge is 0.407 e. The van der Waals surface area contributed by atoms with Gasteiger partial charge in [-0.1, -0.05) is 0 Å². The van der Waals surface area contributed by atoms with Gasteiger partial charge in [-0.05, 0) is 49.7 Å². The number of halogens is 2. The highest BCUT2D eigenvalue weighted by atomic mass is 19.3. The predicted octanol–water partition coefficient (Wildman–Crippen LogP) is 3.33. The highest BCUT2D eigenvalue weighted by Gasteiger charge is 2.44. The molecule has 1 aromatic carbocycles. The highest BCUT2D eigenvalue weighted by Crippen LogP contribution is 2.37.